The number of hydrogen-bond donors (Lipinski definition) is 1. The van der Waals surface area contributed by atoms with Gasteiger partial charge in [-0.3, -0.25) is 0 Å². The van der Waals surface area contributed by atoms with E-state index in [2.05, 4.69) is 12.2 Å². The zero-order chi connectivity index (χ0) is 15.8. The predicted molar refractivity (Wildman–Crippen MR) is 87.1 cm³/mol. The van der Waals surface area contributed by atoms with Crippen molar-refractivity contribution in [2.75, 3.05) is 19.0 Å². The van der Waals surface area contributed by atoms with Crippen LogP contribution >= 0.6 is 0 Å². The van der Waals surface area contributed by atoms with Gasteiger partial charge in [0.05, 0.1) is 19.4 Å². The number of hydrogen-bond acceptors (Lipinski definition) is 3. The number of benzene rings is 2. The molecule has 2 aromatic rings. The van der Waals surface area contributed by atoms with Crippen molar-refractivity contribution in [3.05, 3.63) is 53.8 Å². The minimum atomic E-state index is -0.254. The summed E-state index contributed by atoms with van der Waals surface area (Å²) in [6, 6.07) is 12.4. The van der Waals surface area contributed by atoms with Gasteiger partial charge < -0.3 is 14.8 Å². The smallest absolute Gasteiger partial charge is 0.161 e. The first kappa shape index (κ1) is 16.1. The molecule has 0 spiro atoms. The van der Waals surface area contributed by atoms with Gasteiger partial charge in [-0.15, -0.1) is 0 Å². The molecule has 0 aliphatic rings. The van der Waals surface area contributed by atoms with E-state index in [0.717, 1.165) is 24.2 Å². The van der Waals surface area contributed by atoms with Crippen molar-refractivity contribution >= 4 is 5.69 Å². The first-order chi connectivity index (χ1) is 10.7. The van der Waals surface area contributed by atoms with Crippen LogP contribution in [-0.2, 0) is 6.54 Å². The van der Waals surface area contributed by atoms with Crippen LogP contribution in [0.25, 0.3) is 0 Å². The van der Waals surface area contributed by atoms with Gasteiger partial charge in [0.2, 0.25) is 0 Å². The van der Waals surface area contributed by atoms with E-state index in [-0.39, 0.29) is 5.82 Å². The number of para-hydroxylation sites is 1. The monoisotopic (exact) mass is 303 g/mol. The van der Waals surface area contributed by atoms with Gasteiger partial charge in [0.1, 0.15) is 5.82 Å². The number of halogens is 1. The molecule has 2 rings (SSSR count). The molecule has 0 unspecified atom stereocenters. The van der Waals surface area contributed by atoms with Crippen LogP contribution < -0.4 is 14.8 Å². The number of anilines is 1. The Balaban J connectivity index is 2.04. The molecule has 0 saturated carbocycles. The summed E-state index contributed by atoms with van der Waals surface area (Å²) in [7, 11) is 1.62. The van der Waals surface area contributed by atoms with E-state index >= 15 is 0 Å². The average molecular weight is 303 g/mol. The van der Waals surface area contributed by atoms with E-state index in [1.54, 1.807) is 25.3 Å². The Morgan fingerprint density at radius 2 is 1.91 bits per heavy atom. The van der Waals surface area contributed by atoms with Crippen LogP contribution in [0.4, 0.5) is 10.1 Å². The molecule has 3 nitrogen and oxygen atoms in total. The molecule has 0 amide bonds. The Morgan fingerprint density at radius 3 is 2.64 bits per heavy atom. The van der Waals surface area contributed by atoms with E-state index in [0.29, 0.717) is 24.6 Å². The summed E-state index contributed by atoms with van der Waals surface area (Å²) in [5.41, 5.74) is 1.50. The molecule has 0 bridgehead atoms. The van der Waals surface area contributed by atoms with Crippen molar-refractivity contribution in [2.24, 2.45) is 0 Å². The number of methoxy groups -OCH3 is 1. The third-order valence-electron chi connectivity index (χ3n) is 3.34. The van der Waals surface area contributed by atoms with Crippen LogP contribution in [0.2, 0.25) is 0 Å². The Hall–Kier alpha value is -2.23. The molecule has 0 heterocycles. The molecule has 0 radical (unpaired) electrons. The second-order valence-electron chi connectivity index (χ2n) is 5.02. The fourth-order valence-corrected chi connectivity index (χ4v) is 2.07. The standard InChI is InChI=1S/C18H22FNO2/c1-3-4-11-22-18-12-14(9-10-17(18)21-2)13-20-16-8-6-5-7-15(16)19/h5-10,12,20H,3-4,11,13H2,1-2H3. The lowest BCUT2D eigenvalue weighted by Crippen LogP contribution is -2.03. The molecule has 118 valence electrons. The summed E-state index contributed by atoms with van der Waals surface area (Å²) in [5, 5.41) is 3.09. The molecule has 4 heteroatoms. The van der Waals surface area contributed by atoms with Crippen molar-refractivity contribution in [2.45, 2.75) is 26.3 Å². The quantitative estimate of drug-likeness (QED) is 0.721. The highest BCUT2D eigenvalue weighted by molar-refractivity contribution is 5.47. The first-order valence-electron chi connectivity index (χ1n) is 7.52. The van der Waals surface area contributed by atoms with Crippen LogP contribution in [0.15, 0.2) is 42.5 Å². The normalized spacial score (nSPS) is 10.3. The van der Waals surface area contributed by atoms with Crippen molar-refractivity contribution in [3.63, 3.8) is 0 Å². The fourth-order valence-electron chi connectivity index (χ4n) is 2.07. The maximum absolute atomic E-state index is 13.6. The highest BCUT2D eigenvalue weighted by atomic mass is 19.1. The van der Waals surface area contributed by atoms with Crippen LogP contribution in [0.3, 0.4) is 0 Å². The number of nitrogens with one attached hydrogen (secondary N) is 1. The fraction of sp³-hybridized carbons (Fsp3) is 0.333. The summed E-state index contributed by atoms with van der Waals surface area (Å²) >= 11 is 0. The first-order valence-corrected chi connectivity index (χ1v) is 7.52. The van der Waals surface area contributed by atoms with Gasteiger partial charge in [-0.1, -0.05) is 31.5 Å². The molecular weight excluding hydrogens is 281 g/mol. The highest BCUT2D eigenvalue weighted by Crippen LogP contribution is 2.28. The third kappa shape index (κ3) is 4.38. The molecule has 0 aromatic heterocycles. The van der Waals surface area contributed by atoms with Gasteiger partial charge in [-0.05, 0) is 36.2 Å². The van der Waals surface area contributed by atoms with Crippen LogP contribution in [-0.4, -0.2) is 13.7 Å². The van der Waals surface area contributed by atoms with Gasteiger partial charge in [0, 0.05) is 6.54 Å². The van der Waals surface area contributed by atoms with E-state index in [1.165, 1.54) is 6.07 Å². The van der Waals surface area contributed by atoms with Crippen LogP contribution in [0, 0.1) is 5.82 Å². The van der Waals surface area contributed by atoms with Gasteiger partial charge >= 0.3 is 0 Å². The summed E-state index contributed by atoms with van der Waals surface area (Å²) in [5.74, 6) is 1.19. The molecule has 1 N–H and O–H groups in total. The lowest BCUT2D eigenvalue weighted by atomic mass is 10.2. The van der Waals surface area contributed by atoms with Crippen LogP contribution in [0.1, 0.15) is 25.3 Å². The van der Waals surface area contributed by atoms with Crippen molar-refractivity contribution in [1.29, 1.82) is 0 Å². The lowest BCUT2D eigenvalue weighted by Gasteiger charge is -2.13. The number of unbranched alkanes of at least 4 members (excludes halogenated alkanes) is 1. The average Bonchev–Trinajstić information content (AvgIpc) is 2.54. The van der Waals surface area contributed by atoms with Gasteiger partial charge in [0.15, 0.2) is 11.5 Å². The summed E-state index contributed by atoms with van der Waals surface area (Å²) in [6.07, 6.45) is 2.08. The third-order valence-corrected chi connectivity index (χ3v) is 3.34. The lowest BCUT2D eigenvalue weighted by molar-refractivity contribution is 0.288. The molecule has 0 aliphatic carbocycles. The maximum atomic E-state index is 13.6. The Kier molecular flexibility index (Phi) is 6.07. The van der Waals surface area contributed by atoms with Gasteiger partial charge in [0.25, 0.3) is 0 Å². The minimum Gasteiger partial charge on any atom is -0.493 e. The van der Waals surface area contributed by atoms with E-state index < -0.39 is 0 Å². The molecule has 0 saturated heterocycles. The van der Waals surface area contributed by atoms with E-state index in [4.69, 9.17) is 9.47 Å². The zero-order valence-corrected chi connectivity index (χ0v) is 13.1. The maximum Gasteiger partial charge on any atom is 0.161 e. The second kappa shape index (κ2) is 8.27. The van der Waals surface area contributed by atoms with Crippen molar-refractivity contribution in [3.8, 4) is 11.5 Å². The molecule has 0 aliphatic heterocycles. The van der Waals surface area contributed by atoms with E-state index in [1.807, 2.05) is 18.2 Å². The topological polar surface area (TPSA) is 30.5 Å². The number of ether oxygens (including phenoxy) is 2. The molecule has 0 fully saturated rings. The molecule has 0 atom stereocenters. The second-order valence-corrected chi connectivity index (χ2v) is 5.02. The SMILES string of the molecule is CCCCOc1cc(CNc2ccccc2F)ccc1OC. The Bertz CT molecular complexity index is 601. The van der Waals surface area contributed by atoms with Crippen molar-refractivity contribution < 1.29 is 13.9 Å². The molecule has 2 aromatic carbocycles. The predicted octanol–water partition coefficient (Wildman–Crippen LogP) is 4.63. The number of rotatable bonds is 8. The summed E-state index contributed by atoms with van der Waals surface area (Å²) in [4.78, 5) is 0. The van der Waals surface area contributed by atoms with Gasteiger partial charge in [-0.2, -0.15) is 0 Å². The van der Waals surface area contributed by atoms with Gasteiger partial charge in [-0.25, -0.2) is 4.39 Å². The minimum absolute atomic E-state index is 0.254. The molecule has 22 heavy (non-hydrogen) atoms. The Labute approximate surface area is 131 Å². The van der Waals surface area contributed by atoms with Crippen LogP contribution in [0.5, 0.6) is 11.5 Å². The summed E-state index contributed by atoms with van der Waals surface area (Å²) in [6.45, 7) is 3.31. The Morgan fingerprint density at radius 1 is 1.09 bits per heavy atom. The zero-order valence-electron chi connectivity index (χ0n) is 13.1. The van der Waals surface area contributed by atoms with Crippen molar-refractivity contribution in [1.82, 2.24) is 0 Å². The largest absolute Gasteiger partial charge is 0.493 e. The highest BCUT2D eigenvalue weighted by Gasteiger charge is 2.07. The molecular formula is C18H22FNO2. The summed E-state index contributed by atoms with van der Waals surface area (Å²) < 4.78 is 24.7. The van der Waals surface area contributed by atoms with E-state index in [9.17, 15) is 4.39 Å².